The third-order valence-corrected chi connectivity index (χ3v) is 4.33. The number of anilines is 1. The highest BCUT2D eigenvalue weighted by atomic mass is 19.4. The standard InChI is InChI=1S/C19H15F3N4O3/c1-11(27)12-6-7-16(17(8-12)26(28)29)25-18(13-9-23-24-10-13)14-4-2-3-5-15(14)19(20,21)22/h2-10,18,25H,1H3,(H,23,24). The number of H-pyrrole nitrogens is 1. The van der Waals surface area contributed by atoms with Crippen molar-refractivity contribution in [2.75, 3.05) is 5.32 Å². The van der Waals surface area contributed by atoms with Gasteiger partial charge >= 0.3 is 6.18 Å². The smallest absolute Gasteiger partial charge is 0.368 e. The van der Waals surface area contributed by atoms with E-state index in [9.17, 15) is 28.1 Å². The summed E-state index contributed by atoms with van der Waals surface area (Å²) in [4.78, 5) is 22.3. The highest BCUT2D eigenvalue weighted by Crippen LogP contribution is 2.39. The zero-order valence-corrected chi connectivity index (χ0v) is 15.0. The number of nitrogens with one attached hydrogen (secondary N) is 2. The van der Waals surface area contributed by atoms with E-state index in [4.69, 9.17) is 0 Å². The van der Waals surface area contributed by atoms with Crippen LogP contribution in [0.3, 0.4) is 0 Å². The van der Waals surface area contributed by atoms with Gasteiger partial charge in [-0.25, -0.2) is 0 Å². The van der Waals surface area contributed by atoms with Crippen molar-refractivity contribution in [1.29, 1.82) is 0 Å². The van der Waals surface area contributed by atoms with Crippen molar-refractivity contribution in [3.05, 3.63) is 87.2 Å². The van der Waals surface area contributed by atoms with Crippen molar-refractivity contribution in [2.45, 2.75) is 19.1 Å². The lowest BCUT2D eigenvalue weighted by molar-refractivity contribution is -0.384. The van der Waals surface area contributed by atoms with E-state index in [-0.39, 0.29) is 22.6 Å². The van der Waals surface area contributed by atoms with Gasteiger partial charge in [0.15, 0.2) is 5.78 Å². The van der Waals surface area contributed by atoms with Gasteiger partial charge < -0.3 is 5.32 Å². The molecular weight excluding hydrogens is 389 g/mol. The number of hydrogen-bond acceptors (Lipinski definition) is 5. The number of ketones is 1. The molecule has 0 saturated carbocycles. The summed E-state index contributed by atoms with van der Waals surface area (Å²) in [6, 6.07) is 7.65. The normalized spacial score (nSPS) is 12.4. The third-order valence-electron chi connectivity index (χ3n) is 4.33. The highest BCUT2D eigenvalue weighted by molar-refractivity contribution is 5.95. The van der Waals surface area contributed by atoms with Crippen LogP contribution in [0.5, 0.6) is 0 Å². The molecule has 0 aliphatic rings. The van der Waals surface area contributed by atoms with Crippen LogP contribution in [-0.4, -0.2) is 20.9 Å². The van der Waals surface area contributed by atoms with Gasteiger partial charge in [-0.15, -0.1) is 0 Å². The molecule has 29 heavy (non-hydrogen) atoms. The second-order valence-electron chi connectivity index (χ2n) is 6.24. The van der Waals surface area contributed by atoms with Crippen molar-refractivity contribution < 1.29 is 22.9 Å². The van der Waals surface area contributed by atoms with E-state index in [1.165, 1.54) is 49.6 Å². The largest absolute Gasteiger partial charge is 0.416 e. The minimum Gasteiger partial charge on any atom is -0.368 e. The van der Waals surface area contributed by atoms with Crippen LogP contribution in [0.15, 0.2) is 54.9 Å². The van der Waals surface area contributed by atoms with Gasteiger partial charge in [-0.1, -0.05) is 18.2 Å². The van der Waals surface area contributed by atoms with Crippen LogP contribution in [0.1, 0.15) is 40.0 Å². The van der Waals surface area contributed by atoms with E-state index >= 15 is 0 Å². The number of carbonyl (C=O) groups is 1. The second kappa shape index (κ2) is 7.74. The molecule has 0 spiro atoms. The predicted octanol–water partition coefficient (Wildman–Crippen LogP) is 4.74. The molecule has 0 amide bonds. The Morgan fingerprint density at radius 2 is 1.97 bits per heavy atom. The Hall–Kier alpha value is -3.69. The number of nitro benzene ring substituents is 1. The molecule has 1 heterocycles. The average Bonchev–Trinajstić information content (AvgIpc) is 3.19. The molecule has 1 aromatic heterocycles. The average molecular weight is 404 g/mol. The van der Waals surface area contributed by atoms with E-state index < -0.39 is 28.4 Å². The number of nitro groups is 1. The Balaban J connectivity index is 2.13. The molecule has 0 radical (unpaired) electrons. The third kappa shape index (κ3) is 4.26. The predicted molar refractivity (Wildman–Crippen MR) is 98.6 cm³/mol. The van der Waals surface area contributed by atoms with Gasteiger partial charge in [0.2, 0.25) is 0 Å². The van der Waals surface area contributed by atoms with Crippen molar-refractivity contribution in [2.24, 2.45) is 0 Å². The minimum absolute atomic E-state index is 0.0248. The number of halogens is 3. The highest BCUT2D eigenvalue weighted by Gasteiger charge is 2.36. The maximum atomic E-state index is 13.5. The molecule has 0 bridgehead atoms. The van der Waals surface area contributed by atoms with Crippen LogP contribution in [0, 0.1) is 10.1 Å². The lowest BCUT2D eigenvalue weighted by Crippen LogP contribution is -2.18. The molecule has 2 aromatic carbocycles. The molecule has 1 atom stereocenters. The lowest BCUT2D eigenvalue weighted by atomic mass is 9.95. The Morgan fingerprint density at radius 3 is 2.55 bits per heavy atom. The SMILES string of the molecule is CC(=O)c1ccc(NC(c2cn[nH]c2)c2ccccc2C(F)(F)F)c([N+](=O)[O-])c1. The van der Waals surface area contributed by atoms with E-state index in [1.54, 1.807) is 0 Å². The minimum atomic E-state index is -4.62. The molecule has 7 nitrogen and oxygen atoms in total. The molecule has 150 valence electrons. The zero-order chi connectivity index (χ0) is 21.2. The maximum absolute atomic E-state index is 13.5. The molecule has 2 N–H and O–H groups in total. The van der Waals surface area contributed by atoms with Gasteiger partial charge in [0.25, 0.3) is 5.69 Å². The van der Waals surface area contributed by atoms with Crippen LogP contribution < -0.4 is 5.32 Å². The molecule has 0 fully saturated rings. The van der Waals surface area contributed by atoms with Gasteiger partial charge in [0.05, 0.1) is 22.7 Å². The van der Waals surface area contributed by atoms with Crippen LogP contribution in [0.25, 0.3) is 0 Å². The molecule has 0 aliphatic carbocycles. The number of alkyl halides is 3. The number of nitrogens with zero attached hydrogens (tertiary/aromatic N) is 2. The molecule has 0 aliphatic heterocycles. The first-order valence-corrected chi connectivity index (χ1v) is 8.39. The van der Waals surface area contributed by atoms with Crippen molar-refractivity contribution in [3.63, 3.8) is 0 Å². The summed E-state index contributed by atoms with van der Waals surface area (Å²) in [5, 5.41) is 20.6. The monoisotopic (exact) mass is 404 g/mol. The molecular formula is C19H15F3N4O3. The van der Waals surface area contributed by atoms with Crippen LogP contribution in [0.2, 0.25) is 0 Å². The second-order valence-corrected chi connectivity index (χ2v) is 6.24. The topological polar surface area (TPSA) is 101 Å². The number of hydrogen-bond donors (Lipinski definition) is 2. The summed E-state index contributed by atoms with van der Waals surface area (Å²) < 4.78 is 40.6. The number of aromatic amines is 1. The van der Waals surface area contributed by atoms with E-state index in [0.29, 0.717) is 5.56 Å². The molecule has 0 saturated heterocycles. The summed E-state index contributed by atoms with van der Waals surface area (Å²) in [5.41, 5.74) is -0.962. The summed E-state index contributed by atoms with van der Waals surface area (Å²) in [6.45, 7) is 1.26. The first-order valence-electron chi connectivity index (χ1n) is 8.39. The fourth-order valence-corrected chi connectivity index (χ4v) is 2.95. The summed E-state index contributed by atoms with van der Waals surface area (Å²) >= 11 is 0. The molecule has 1 unspecified atom stereocenters. The van der Waals surface area contributed by atoms with E-state index in [1.807, 2.05) is 0 Å². The Kier molecular flexibility index (Phi) is 5.35. The lowest BCUT2D eigenvalue weighted by Gasteiger charge is -2.23. The fourth-order valence-electron chi connectivity index (χ4n) is 2.95. The van der Waals surface area contributed by atoms with Gasteiger partial charge in [0, 0.05) is 23.4 Å². The number of aromatic nitrogens is 2. The number of benzene rings is 2. The van der Waals surface area contributed by atoms with Gasteiger partial charge in [-0.05, 0) is 30.7 Å². The Bertz CT molecular complexity index is 1050. The van der Waals surface area contributed by atoms with Crippen LogP contribution in [0.4, 0.5) is 24.5 Å². The first kappa shape index (κ1) is 20.1. The Labute approximate surface area is 162 Å². The Morgan fingerprint density at radius 1 is 1.24 bits per heavy atom. The fraction of sp³-hybridized carbons (Fsp3) is 0.158. The maximum Gasteiger partial charge on any atom is 0.416 e. The number of Topliss-reactive ketones (excluding diaryl/α,β-unsaturated/α-hetero) is 1. The number of rotatable bonds is 6. The summed E-state index contributed by atoms with van der Waals surface area (Å²) in [6.07, 6.45) is -1.88. The van der Waals surface area contributed by atoms with Crippen LogP contribution >= 0.6 is 0 Å². The summed E-state index contributed by atoms with van der Waals surface area (Å²) in [7, 11) is 0. The van der Waals surface area contributed by atoms with Gasteiger partial charge in [-0.2, -0.15) is 18.3 Å². The van der Waals surface area contributed by atoms with E-state index in [0.717, 1.165) is 12.1 Å². The number of carbonyl (C=O) groups excluding carboxylic acids is 1. The van der Waals surface area contributed by atoms with Gasteiger partial charge in [-0.3, -0.25) is 20.0 Å². The molecule has 10 heteroatoms. The van der Waals surface area contributed by atoms with Crippen LogP contribution in [-0.2, 0) is 6.18 Å². The van der Waals surface area contributed by atoms with Crippen molar-refractivity contribution in [1.82, 2.24) is 10.2 Å². The molecule has 3 aromatic rings. The van der Waals surface area contributed by atoms with E-state index in [2.05, 4.69) is 15.5 Å². The summed E-state index contributed by atoms with van der Waals surface area (Å²) in [5.74, 6) is -0.367. The van der Waals surface area contributed by atoms with Crippen molar-refractivity contribution in [3.8, 4) is 0 Å². The quantitative estimate of drug-likeness (QED) is 0.351. The molecule has 3 rings (SSSR count). The van der Waals surface area contributed by atoms with Gasteiger partial charge in [0.1, 0.15) is 5.69 Å². The zero-order valence-electron chi connectivity index (χ0n) is 15.0. The first-order chi connectivity index (χ1) is 13.7. The van der Waals surface area contributed by atoms with Crippen molar-refractivity contribution >= 4 is 17.2 Å².